The zero-order chi connectivity index (χ0) is 22.6. The van der Waals surface area contributed by atoms with Crippen LogP contribution >= 0.6 is 23.4 Å². The number of carboxylic acid groups (broad SMARTS) is 1. The van der Waals surface area contributed by atoms with Crippen molar-refractivity contribution in [1.29, 1.82) is 0 Å². The Kier molecular flexibility index (Phi) is 7.04. The second-order valence-corrected chi connectivity index (χ2v) is 10.0. The number of nitrogens with zero attached hydrogens (tertiary/aromatic N) is 1. The zero-order valence-corrected chi connectivity index (χ0v) is 18.2. The number of aromatic amines is 1. The second kappa shape index (κ2) is 9.54. The molecule has 31 heavy (non-hydrogen) atoms. The number of H-pyrrole nitrogens is 1. The van der Waals surface area contributed by atoms with Gasteiger partial charge in [-0.25, -0.2) is 8.42 Å². The van der Waals surface area contributed by atoms with Gasteiger partial charge in [-0.3, -0.25) is 9.59 Å². The van der Waals surface area contributed by atoms with Gasteiger partial charge in [0.05, 0.1) is 22.6 Å². The standard InChI is InChI=1S/C20H17ClN2O6S2/c21-15-5-1-12(2-6-15)13-3-7-16(8-4-13)31(28,29)11-14(19(26)27)10-30-20-22-17(24)9-18(25)23-20/h1-9,14H,10-11H2,(H,26,27)(H2,22,23,24,25). The van der Waals surface area contributed by atoms with Gasteiger partial charge < -0.3 is 15.2 Å². The number of nitrogens with one attached hydrogen (secondary N) is 1. The van der Waals surface area contributed by atoms with E-state index in [9.17, 15) is 28.2 Å². The van der Waals surface area contributed by atoms with Crippen molar-refractivity contribution in [2.24, 2.45) is 5.92 Å². The molecule has 11 heteroatoms. The number of aromatic hydroxyl groups is 1. The summed E-state index contributed by atoms with van der Waals surface area (Å²) in [6, 6.07) is 14.1. The molecule has 0 aliphatic heterocycles. The molecule has 0 spiro atoms. The summed E-state index contributed by atoms with van der Waals surface area (Å²) in [5.41, 5.74) is 1.05. The molecule has 3 N–H and O–H groups in total. The number of hydrogen-bond acceptors (Lipinski definition) is 7. The van der Waals surface area contributed by atoms with Gasteiger partial charge in [0.25, 0.3) is 5.56 Å². The quantitative estimate of drug-likeness (QED) is 0.330. The van der Waals surface area contributed by atoms with Gasteiger partial charge in [-0.1, -0.05) is 47.6 Å². The molecule has 2 aromatic carbocycles. The van der Waals surface area contributed by atoms with E-state index in [1.54, 1.807) is 24.3 Å². The van der Waals surface area contributed by atoms with E-state index in [-0.39, 0.29) is 15.8 Å². The highest BCUT2D eigenvalue weighted by atomic mass is 35.5. The summed E-state index contributed by atoms with van der Waals surface area (Å²) in [7, 11) is -3.89. The summed E-state index contributed by atoms with van der Waals surface area (Å²) >= 11 is 6.71. The van der Waals surface area contributed by atoms with Gasteiger partial charge in [0.15, 0.2) is 15.0 Å². The van der Waals surface area contributed by atoms with Crippen LogP contribution in [0.25, 0.3) is 11.1 Å². The smallest absolute Gasteiger partial charge is 0.308 e. The molecule has 0 aliphatic rings. The Morgan fingerprint density at radius 2 is 1.68 bits per heavy atom. The second-order valence-electron chi connectivity index (χ2n) is 6.57. The maximum Gasteiger partial charge on any atom is 0.308 e. The Morgan fingerprint density at radius 1 is 1.10 bits per heavy atom. The minimum atomic E-state index is -3.89. The number of benzene rings is 2. The van der Waals surface area contributed by atoms with Crippen LogP contribution < -0.4 is 5.56 Å². The molecule has 1 aromatic heterocycles. The molecule has 0 aliphatic carbocycles. The monoisotopic (exact) mass is 480 g/mol. The number of aromatic nitrogens is 2. The highest BCUT2D eigenvalue weighted by Crippen LogP contribution is 2.25. The van der Waals surface area contributed by atoms with Crippen molar-refractivity contribution < 1.29 is 23.4 Å². The summed E-state index contributed by atoms with van der Waals surface area (Å²) < 4.78 is 25.5. The molecule has 0 fully saturated rings. The van der Waals surface area contributed by atoms with Crippen LogP contribution in [0.3, 0.4) is 0 Å². The minimum absolute atomic E-state index is 0.000894. The van der Waals surface area contributed by atoms with E-state index in [2.05, 4.69) is 9.97 Å². The first-order chi connectivity index (χ1) is 14.6. The molecule has 3 rings (SSSR count). The minimum Gasteiger partial charge on any atom is -0.493 e. The van der Waals surface area contributed by atoms with Crippen LogP contribution in [0.2, 0.25) is 5.02 Å². The normalized spacial score (nSPS) is 12.4. The fourth-order valence-corrected chi connectivity index (χ4v) is 5.48. The summed E-state index contributed by atoms with van der Waals surface area (Å²) in [6.07, 6.45) is 0. The number of aliphatic carboxylic acids is 1. The topological polar surface area (TPSA) is 137 Å². The summed E-state index contributed by atoms with van der Waals surface area (Å²) in [4.78, 5) is 29.0. The molecule has 0 radical (unpaired) electrons. The van der Waals surface area contributed by atoms with Gasteiger partial charge in [0, 0.05) is 10.8 Å². The van der Waals surface area contributed by atoms with Gasteiger partial charge in [-0.15, -0.1) is 0 Å². The first kappa shape index (κ1) is 22.9. The van der Waals surface area contributed by atoms with Crippen LogP contribution in [0.15, 0.2) is 69.4 Å². The molecule has 0 saturated carbocycles. The van der Waals surface area contributed by atoms with E-state index in [1.807, 2.05) is 12.1 Å². The highest BCUT2D eigenvalue weighted by molar-refractivity contribution is 7.99. The molecule has 3 aromatic rings. The molecule has 162 valence electrons. The van der Waals surface area contributed by atoms with E-state index in [1.165, 1.54) is 12.1 Å². The predicted octanol–water partition coefficient (Wildman–Crippen LogP) is 3.06. The first-order valence-corrected chi connectivity index (χ1v) is 11.9. The lowest BCUT2D eigenvalue weighted by Gasteiger charge is -2.13. The Hall–Kier alpha value is -2.82. The third-order valence-corrected chi connectivity index (χ3v) is 7.41. The molecule has 0 bridgehead atoms. The Labute approximate surface area is 186 Å². The molecular weight excluding hydrogens is 464 g/mol. The van der Waals surface area contributed by atoms with Gasteiger partial charge in [0.2, 0.25) is 5.88 Å². The van der Waals surface area contributed by atoms with Gasteiger partial charge in [-0.05, 0) is 35.4 Å². The Morgan fingerprint density at radius 3 is 2.23 bits per heavy atom. The lowest BCUT2D eigenvalue weighted by molar-refractivity contribution is -0.140. The fourth-order valence-electron chi connectivity index (χ4n) is 2.72. The SMILES string of the molecule is O=C(O)C(CSc1nc(O)cc(=O)[nH]1)CS(=O)(=O)c1ccc(-c2ccc(Cl)cc2)cc1. The molecule has 1 heterocycles. The van der Waals surface area contributed by atoms with E-state index in [0.29, 0.717) is 5.02 Å². The third-order valence-electron chi connectivity index (χ3n) is 4.29. The van der Waals surface area contributed by atoms with Gasteiger partial charge in [-0.2, -0.15) is 4.98 Å². The number of sulfone groups is 1. The number of carboxylic acids is 1. The van der Waals surface area contributed by atoms with E-state index in [4.69, 9.17) is 11.6 Å². The Bertz CT molecular complexity index is 1240. The van der Waals surface area contributed by atoms with Crippen molar-refractivity contribution in [3.8, 4) is 17.0 Å². The number of carbonyl (C=O) groups is 1. The average Bonchev–Trinajstić information content (AvgIpc) is 2.71. The number of halogens is 1. The van der Waals surface area contributed by atoms with E-state index < -0.39 is 38.9 Å². The van der Waals surface area contributed by atoms with Crippen molar-refractivity contribution in [3.63, 3.8) is 0 Å². The van der Waals surface area contributed by atoms with Crippen molar-refractivity contribution in [1.82, 2.24) is 9.97 Å². The maximum atomic E-state index is 12.8. The van der Waals surface area contributed by atoms with Gasteiger partial charge >= 0.3 is 5.97 Å². The van der Waals surface area contributed by atoms with Crippen LogP contribution in [0.4, 0.5) is 0 Å². The van der Waals surface area contributed by atoms with Crippen LogP contribution in [-0.4, -0.2) is 46.1 Å². The zero-order valence-electron chi connectivity index (χ0n) is 15.9. The van der Waals surface area contributed by atoms with Crippen LogP contribution in [0.5, 0.6) is 5.88 Å². The number of hydrogen-bond donors (Lipinski definition) is 3. The average molecular weight is 481 g/mol. The van der Waals surface area contributed by atoms with Crippen LogP contribution in [0.1, 0.15) is 0 Å². The van der Waals surface area contributed by atoms with Crippen molar-refractivity contribution >= 4 is 39.2 Å². The fraction of sp³-hybridized carbons (Fsp3) is 0.150. The maximum absolute atomic E-state index is 12.8. The van der Waals surface area contributed by atoms with Crippen LogP contribution in [-0.2, 0) is 14.6 Å². The lowest BCUT2D eigenvalue weighted by Crippen LogP contribution is -2.26. The number of rotatable bonds is 8. The molecule has 0 amide bonds. The highest BCUT2D eigenvalue weighted by Gasteiger charge is 2.27. The van der Waals surface area contributed by atoms with Gasteiger partial charge in [0.1, 0.15) is 0 Å². The van der Waals surface area contributed by atoms with E-state index in [0.717, 1.165) is 29.0 Å². The van der Waals surface area contributed by atoms with E-state index >= 15 is 0 Å². The molecule has 8 nitrogen and oxygen atoms in total. The van der Waals surface area contributed by atoms with Crippen molar-refractivity contribution in [2.75, 3.05) is 11.5 Å². The number of thioether (sulfide) groups is 1. The summed E-state index contributed by atoms with van der Waals surface area (Å²) in [5, 5.41) is 19.4. The Balaban J connectivity index is 1.74. The lowest BCUT2D eigenvalue weighted by atomic mass is 10.1. The van der Waals surface area contributed by atoms with Crippen molar-refractivity contribution in [2.45, 2.75) is 10.1 Å². The predicted molar refractivity (Wildman–Crippen MR) is 117 cm³/mol. The molecule has 1 unspecified atom stereocenters. The summed E-state index contributed by atoms with van der Waals surface area (Å²) in [6.45, 7) is 0. The summed E-state index contributed by atoms with van der Waals surface area (Å²) in [5.74, 6) is -3.84. The first-order valence-electron chi connectivity index (χ1n) is 8.89. The third kappa shape index (κ3) is 6.09. The molecule has 1 atom stereocenters. The largest absolute Gasteiger partial charge is 0.493 e. The van der Waals surface area contributed by atoms with Crippen LogP contribution in [0, 0.1) is 5.92 Å². The molecular formula is C20H17ClN2O6S2. The molecule has 0 saturated heterocycles. The van der Waals surface area contributed by atoms with Crippen molar-refractivity contribution in [3.05, 3.63) is 70.0 Å².